The van der Waals surface area contributed by atoms with Gasteiger partial charge in [-0.15, -0.1) is 0 Å². The Bertz CT molecular complexity index is 463. The number of nitrogens with zero attached hydrogens (tertiary/aromatic N) is 3. The Labute approximate surface area is 111 Å². The molecule has 1 N–H and O–H groups in total. The van der Waals surface area contributed by atoms with Gasteiger partial charge in [0.15, 0.2) is 0 Å². The van der Waals surface area contributed by atoms with E-state index in [0.717, 1.165) is 5.69 Å². The number of carboxylic acids is 1. The van der Waals surface area contributed by atoms with Crippen LogP contribution in [0.15, 0.2) is 24.4 Å². The highest BCUT2D eigenvalue weighted by molar-refractivity contribution is 5.86. The van der Waals surface area contributed by atoms with Crippen molar-refractivity contribution >= 4 is 11.9 Å². The second kappa shape index (κ2) is 5.79. The van der Waals surface area contributed by atoms with Crippen LogP contribution in [0.3, 0.4) is 0 Å². The summed E-state index contributed by atoms with van der Waals surface area (Å²) in [5.41, 5.74) is 0.814. The fourth-order valence-electron chi connectivity index (χ4n) is 2.20. The number of carbonyl (C=O) groups is 2. The minimum absolute atomic E-state index is 0.137. The van der Waals surface area contributed by atoms with E-state index in [9.17, 15) is 9.59 Å². The Morgan fingerprint density at radius 3 is 2.89 bits per heavy atom. The zero-order valence-corrected chi connectivity index (χ0v) is 10.8. The quantitative estimate of drug-likeness (QED) is 0.840. The molecule has 1 fully saturated rings. The molecule has 0 aromatic carbocycles. The Hall–Kier alpha value is -1.95. The van der Waals surface area contributed by atoms with E-state index in [-0.39, 0.29) is 12.3 Å². The van der Waals surface area contributed by atoms with E-state index in [4.69, 9.17) is 5.11 Å². The predicted molar refractivity (Wildman–Crippen MR) is 68.3 cm³/mol. The van der Waals surface area contributed by atoms with Crippen LogP contribution >= 0.6 is 0 Å². The monoisotopic (exact) mass is 263 g/mol. The third-order valence-electron chi connectivity index (χ3n) is 3.30. The lowest BCUT2D eigenvalue weighted by Gasteiger charge is -2.37. The summed E-state index contributed by atoms with van der Waals surface area (Å²) in [5.74, 6) is -1.09. The van der Waals surface area contributed by atoms with Crippen LogP contribution in [0.4, 0.5) is 0 Å². The first-order valence-electron chi connectivity index (χ1n) is 6.18. The first-order valence-corrected chi connectivity index (χ1v) is 6.18. The Morgan fingerprint density at radius 1 is 1.47 bits per heavy atom. The lowest BCUT2D eigenvalue weighted by atomic mass is 10.1. The van der Waals surface area contributed by atoms with Crippen molar-refractivity contribution in [3.63, 3.8) is 0 Å². The van der Waals surface area contributed by atoms with E-state index in [1.165, 1.54) is 0 Å². The number of rotatable bonds is 4. The number of hydrogen-bond donors (Lipinski definition) is 1. The molecule has 1 aromatic rings. The van der Waals surface area contributed by atoms with Crippen LogP contribution in [-0.4, -0.2) is 57.9 Å². The van der Waals surface area contributed by atoms with Gasteiger partial charge in [-0.05, 0) is 19.2 Å². The maximum absolute atomic E-state index is 12.3. The second-order valence-corrected chi connectivity index (χ2v) is 4.68. The summed E-state index contributed by atoms with van der Waals surface area (Å²) in [6, 6.07) is 4.98. The summed E-state index contributed by atoms with van der Waals surface area (Å²) in [6.07, 6.45) is 1.53. The van der Waals surface area contributed by atoms with Crippen LogP contribution in [0.2, 0.25) is 0 Å². The van der Waals surface area contributed by atoms with Crippen molar-refractivity contribution in [2.75, 3.05) is 20.1 Å². The van der Waals surface area contributed by atoms with Gasteiger partial charge in [0, 0.05) is 19.3 Å². The van der Waals surface area contributed by atoms with Gasteiger partial charge in [-0.25, -0.2) is 0 Å². The van der Waals surface area contributed by atoms with Gasteiger partial charge in [0.25, 0.3) is 0 Å². The van der Waals surface area contributed by atoms with Crippen LogP contribution in [-0.2, 0) is 16.1 Å². The number of carbonyl (C=O) groups excluding carboxylic acids is 1. The molecule has 6 nitrogen and oxygen atoms in total. The largest absolute Gasteiger partial charge is 0.481 e. The van der Waals surface area contributed by atoms with Crippen molar-refractivity contribution < 1.29 is 14.7 Å². The number of carboxylic acid groups (broad SMARTS) is 1. The third-order valence-corrected chi connectivity index (χ3v) is 3.30. The molecule has 1 amide bonds. The maximum Gasteiger partial charge on any atom is 0.305 e. The number of pyridine rings is 1. The molecule has 19 heavy (non-hydrogen) atoms. The standard InChI is InChI=1S/C13H17N3O3/c1-15-6-7-16(9-10-4-2-3-5-14-10)13(19)11(15)8-12(17)18/h2-5,11H,6-9H2,1H3,(H,17,18). The highest BCUT2D eigenvalue weighted by atomic mass is 16.4. The summed E-state index contributed by atoms with van der Waals surface area (Å²) in [7, 11) is 1.78. The van der Waals surface area contributed by atoms with Gasteiger partial charge in [0.05, 0.1) is 24.7 Å². The van der Waals surface area contributed by atoms with Crippen LogP contribution < -0.4 is 0 Å². The SMILES string of the molecule is CN1CCN(Cc2ccccn2)C(=O)C1CC(=O)O. The van der Waals surface area contributed by atoms with Crippen molar-refractivity contribution in [1.29, 1.82) is 0 Å². The molecule has 1 unspecified atom stereocenters. The normalized spacial score (nSPS) is 20.6. The highest BCUT2D eigenvalue weighted by Crippen LogP contribution is 2.15. The predicted octanol–water partition coefficient (Wildman–Crippen LogP) is 0.199. The van der Waals surface area contributed by atoms with E-state index in [1.54, 1.807) is 23.0 Å². The molecule has 6 heteroatoms. The van der Waals surface area contributed by atoms with E-state index in [0.29, 0.717) is 19.6 Å². The number of amides is 1. The molecular weight excluding hydrogens is 246 g/mol. The van der Waals surface area contributed by atoms with Crippen LogP contribution in [0.1, 0.15) is 12.1 Å². The minimum atomic E-state index is -0.954. The molecule has 2 rings (SSSR count). The zero-order chi connectivity index (χ0) is 13.8. The van der Waals surface area contributed by atoms with Gasteiger partial charge in [0.1, 0.15) is 0 Å². The molecule has 1 aliphatic rings. The number of likely N-dealkylation sites (N-methyl/N-ethyl adjacent to an activating group) is 1. The third kappa shape index (κ3) is 3.29. The molecule has 0 bridgehead atoms. The minimum Gasteiger partial charge on any atom is -0.481 e. The van der Waals surface area contributed by atoms with Crippen LogP contribution in [0.25, 0.3) is 0 Å². The zero-order valence-electron chi connectivity index (χ0n) is 10.8. The number of piperazine rings is 1. The summed E-state index contributed by atoms with van der Waals surface area (Å²) in [6.45, 7) is 1.71. The molecule has 2 heterocycles. The average Bonchev–Trinajstić information content (AvgIpc) is 2.39. The maximum atomic E-state index is 12.3. The lowest BCUT2D eigenvalue weighted by Crippen LogP contribution is -2.55. The van der Waals surface area contributed by atoms with Crippen molar-refractivity contribution in [2.45, 2.75) is 19.0 Å². The molecule has 1 atom stereocenters. The van der Waals surface area contributed by atoms with Gasteiger partial charge in [-0.2, -0.15) is 0 Å². The number of aliphatic carboxylic acids is 1. The van der Waals surface area contributed by atoms with Gasteiger partial charge in [-0.3, -0.25) is 19.5 Å². The summed E-state index contributed by atoms with van der Waals surface area (Å²) in [5, 5.41) is 8.87. The fourth-order valence-corrected chi connectivity index (χ4v) is 2.20. The average molecular weight is 263 g/mol. The molecule has 1 aliphatic heterocycles. The molecule has 0 radical (unpaired) electrons. The Kier molecular flexibility index (Phi) is 4.11. The fraction of sp³-hybridized carbons (Fsp3) is 0.462. The Morgan fingerprint density at radius 2 is 2.26 bits per heavy atom. The summed E-state index contributed by atoms with van der Waals surface area (Å²) < 4.78 is 0. The first kappa shape index (κ1) is 13.5. The smallest absolute Gasteiger partial charge is 0.305 e. The van der Waals surface area contributed by atoms with E-state index in [1.807, 2.05) is 18.2 Å². The van der Waals surface area contributed by atoms with Gasteiger partial charge >= 0.3 is 5.97 Å². The van der Waals surface area contributed by atoms with Crippen molar-refractivity contribution in [1.82, 2.24) is 14.8 Å². The van der Waals surface area contributed by atoms with Crippen molar-refractivity contribution in [3.05, 3.63) is 30.1 Å². The molecule has 0 aliphatic carbocycles. The second-order valence-electron chi connectivity index (χ2n) is 4.68. The van der Waals surface area contributed by atoms with E-state index >= 15 is 0 Å². The molecule has 0 spiro atoms. The van der Waals surface area contributed by atoms with Crippen molar-refractivity contribution in [3.8, 4) is 0 Å². The van der Waals surface area contributed by atoms with Crippen molar-refractivity contribution in [2.24, 2.45) is 0 Å². The molecule has 1 aromatic heterocycles. The number of hydrogen-bond acceptors (Lipinski definition) is 4. The molecule has 1 saturated heterocycles. The molecule has 102 valence electrons. The van der Waals surface area contributed by atoms with Crippen LogP contribution in [0, 0.1) is 0 Å². The van der Waals surface area contributed by atoms with Gasteiger partial charge < -0.3 is 10.0 Å². The molecule has 0 saturated carbocycles. The van der Waals surface area contributed by atoms with Gasteiger partial charge in [-0.1, -0.05) is 6.07 Å². The van der Waals surface area contributed by atoms with E-state index < -0.39 is 12.0 Å². The topological polar surface area (TPSA) is 73.7 Å². The van der Waals surface area contributed by atoms with Crippen LogP contribution in [0.5, 0.6) is 0 Å². The van der Waals surface area contributed by atoms with E-state index in [2.05, 4.69) is 4.98 Å². The summed E-state index contributed by atoms with van der Waals surface area (Å²) >= 11 is 0. The summed E-state index contributed by atoms with van der Waals surface area (Å²) in [4.78, 5) is 30.7. The Balaban J connectivity index is 2.06. The molecular formula is C13H17N3O3. The van der Waals surface area contributed by atoms with Gasteiger partial charge in [0.2, 0.25) is 5.91 Å². The number of aromatic nitrogens is 1. The highest BCUT2D eigenvalue weighted by Gasteiger charge is 2.34. The lowest BCUT2D eigenvalue weighted by molar-refractivity contribution is -0.149. The first-order chi connectivity index (χ1) is 9.08.